The molecular weight excluding hydrogens is 320 g/mol. The van der Waals surface area contributed by atoms with Gasteiger partial charge in [0.1, 0.15) is 0 Å². The number of rotatable bonds is 4. The van der Waals surface area contributed by atoms with Crippen LogP contribution in [0.1, 0.15) is 22.3 Å². The van der Waals surface area contributed by atoms with Crippen LogP contribution in [-0.4, -0.2) is 14.6 Å². The molecule has 0 saturated carbocycles. The van der Waals surface area contributed by atoms with E-state index in [-0.39, 0.29) is 4.90 Å². The molecule has 116 valence electrons. The molecule has 0 unspecified atom stereocenters. The van der Waals surface area contributed by atoms with Crippen LogP contribution in [0, 0.1) is 20.8 Å². The molecule has 2 aromatic rings. The average Bonchev–Trinajstić information content (AvgIpc) is 2.36. The molecule has 0 atom stereocenters. The first kappa shape index (κ1) is 16.5. The van der Waals surface area contributed by atoms with Gasteiger partial charge in [-0.25, -0.2) is 4.83 Å². The Morgan fingerprint density at radius 1 is 1.09 bits per heavy atom. The normalized spacial score (nSPS) is 11.8. The third-order valence-corrected chi connectivity index (χ3v) is 4.87. The second-order valence-electron chi connectivity index (χ2n) is 5.14. The number of benzene rings is 2. The highest BCUT2D eigenvalue weighted by Gasteiger charge is 2.18. The smallest absolute Gasteiger partial charge is 0.200 e. The molecule has 0 amide bonds. The summed E-state index contributed by atoms with van der Waals surface area (Å²) in [6, 6.07) is 10.7. The molecule has 0 aliphatic rings. The summed E-state index contributed by atoms with van der Waals surface area (Å²) in [7, 11) is -3.70. The van der Waals surface area contributed by atoms with Gasteiger partial charge in [0.2, 0.25) is 0 Å². The molecule has 0 aliphatic heterocycles. The van der Waals surface area contributed by atoms with Crippen LogP contribution in [-0.2, 0) is 10.0 Å². The number of aryl methyl sites for hydroxylation is 3. The average molecular weight is 337 g/mol. The molecule has 0 aromatic heterocycles. The van der Waals surface area contributed by atoms with Crippen molar-refractivity contribution in [2.24, 2.45) is 5.10 Å². The molecule has 0 spiro atoms. The Morgan fingerprint density at radius 2 is 1.73 bits per heavy atom. The molecule has 0 fully saturated rings. The summed E-state index contributed by atoms with van der Waals surface area (Å²) in [6.07, 6.45) is 1.42. The highest BCUT2D eigenvalue weighted by atomic mass is 35.5. The molecular formula is C16H17ClN2O2S. The van der Waals surface area contributed by atoms with Crippen molar-refractivity contribution >= 4 is 27.8 Å². The molecule has 6 heteroatoms. The molecule has 0 radical (unpaired) electrons. The zero-order valence-corrected chi connectivity index (χ0v) is 14.2. The molecule has 0 aliphatic carbocycles. The SMILES string of the molecule is Cc1cc(C)c(S(=O)(=O)N/N=C/c2cccc(Cl)c2)c(C)c1. The van der Waals surface area contributed by atoms with Gasteiger partial charge < -0.3 is 0 Å². The van der Waals surface area contributed by atoms with E-state index in [1.54, 1.807) is 38.1 Å². The van der Waals surface area contributed by atoms with Crippen molar-refractivity contribution in [2.75, 3.05) is 0 Å². The van der Waals surface area contributed by atoms with Gasteiger partial charge in [0.15, 0.2) is 0 Å². The van der Waals surface area contributed by atoms with Gasteiger partial charge >= 0.3 is 0 Å². The fourth-order valence-electron chi connectivity index (χ4n) is 2.39. The maximum Gasteiger partial charge on any atom is 0.277 e. The first-order chi connectivity index (χ1) is 10.3. The first-order valence-corrected chi connectivity index (χ1v) is 8.54. The molecule has 4 nitrogen and oxygen atoms in total. The van der Waals surface area contributed by atoms with Gasteiger partial charge in [-0.15, -0.1) is 0 Å². The van der Waals surface area contributed by atoms with Crippen LogP contribution in [0.25, 0.3) is 0 Å². The molecule has 22 heavy (non-hydrogen) atoms. The van der Waals surface area contributed by atoms with Crippen LogP contribution in [0.3, 0.4) is 0 Å². The number of hydrazone groups is 1. The van der Waals surface area contributed by atoms with Gasteiger partial charge in [-0.2, -0.15) is 13.5 Å². The summed E-state index contributed by atoms with van der Waals surface area (Å²) in [6.45, 7) is 5.48. The van der Waals surface area contributed by atoms with Crippen molar-refractivity contribution in [3.8, 4) is 0 Å². The minimum absolute atomic E-state index is 0.265. The summed E-state index contributed by atoms with van der Waals surface area (Å²) in [4.78, 5) is 2.51. The number of hydrogen-bond acceptors (Lipinski definition) is 3. The van der Waals surface area contributed by atoms with Crippen molar-refractivity contribution in [3.63, 3.8) is 0 Å². The van der Waals surface area contributed by atoms with Crippen molar-refractivity contribution < 1.29 is 8.42 Å². The van der Waals surface area contributed by atoms with E-state index in [1.165, 1.54) is 6.21 Å². The minimum Gasteiger partial charge on any atom is -0.200 e. The standard InChI is InChI=1S/C16H17ClN2O2S/c1-11-7-12(2)16(13(3)8-11)22(20,21)19-18-10-14-5-4-6-15(17)9-14/h4-10,19H,1-3H3/b18-10+. The number of sulfonamides is 1. The number of nitrogens with zero attached hydrogens (tertiary/aromatic N) is 1. The summed E-state index contributed by atoms with van der Waals surface area (Å²) < 4.78 is 24.8. The lowest BCUT2D eigenvalue weighted by molar-refractivity contribution is 0.583. The van der Waals surface area contributed by atoms with Crippen LogP contribution >= 0.6 is 11.6 Å². The van der Waals surface area contributed by atoms with E-state index in [0.29, 0.717) is 21.7 Å². The predicted octanol–water partition coefficient (Wildman–Crippen LogP) is 3.58. The van der Waals surface area contributed by atoms with Crippen molar-refractivity contribution in [1.29, 1.82) is 0 Å². The minimum atomic E-state index is -3.70. The summed E-state index contributed by atoms with van der Waals surface area (Å²) in [5.74, 6) is 0. The Labute approximate surface area is 135 Å². The monoisotopic (exact) mass is 336 g/mol. The zero-order valence-electron chi connectivity index (χ0n) is 12.6. The summed E-state index contributed by atoms with van der Waals surface area (Å²) >= 11 is 5.87. The largest absolute Gasteiger partial charge is 0.277 e. The van der Waals surface area contributed by atoms with E-state index >= 15 is 0 Å². The maximum absolute atomic E-state index is 12.4. The lowest BCUT2D eigenvalue weighted by atomic mass is 10.1. The quantitative estimate of drug-likeness (QED) is 0.685. The second-order valence-corrected chi connectivity index (χ2v) is 7.17. The van der Waals surface area contributed by atoms with Crippen LogP contribution in [0.15, 0.2) is 46.4 Å². The van der Waals surface area contributed by atoms with Crippen molar-refractivity contribution in [1.82, 2.24) is 4.83 Å². The predicted molar refractivity (Wildman–Crippen MR) is 90.0 cm³/mol. The molecule has 2 aromatic carbocycles. The zero-order chi connectivity index (χ0) is 16.3. The van der Waals surface area contributed by atoms with Gasteiger partial charge in [-0.1, -0.05) is 41.4 Å². The first-order valence-electron chi connectivity index (χ1n) is 6.68. The highest BCUT2D eigenvalue weighted by Crippen LogP contribution is 2.21. The van der Waals surface area contributed by atoms with Crippen LogP contribution in [0.4, 0.5) is 0 Å². The molecule has 0 saturated heterocycles. The van der Waals surface area contributed by atoms with E-state index in [2.05, 4.69) is 9.93 Å². The number of nitrogens with one attached hydrogen (secondary N) is 1. The van der Waals surface area contributed by atoms with E-state index in [0.717, 1.165) is 5.56 Å². The highest BCUT2D eigenvalue weighted by molar-refractivity contribution is 7.89. The van der Waals surface area contributed by atoms with Crippen LogP contribution in [0.2, 0.25) is 5.02 Å². The van der Waals surface area contributed by atoms with E-state index in [4.69, 9.17) is 11.6 Å². The molecule has 0 bridgehead atoms. The topological polar surface area (TPSA) is 58.5 Å². The third kappa shape index (κ3) is 3.87. The third-order valence-electron chi connectivity index (χ3n) is 3.11. The van der Waals surface area contributed by atoms with E-state index in [9.17, 15) is 8.42 Å². The second kappa shape index (κ2) is 6.50. The van der Waals surface area contributed by atoms with Gasteiger partial charge in [0.25, 0.3) is 10.0 Å². The molecule has 2 rings (SSSR count). The lowest BCUT2D eigenvalue weighted by Gasteiger charge is -2.11. The summed E-state index contributed by atoms with van der Waals surface area (Å²) in [5.41, 5.74) is 3.13. The Morgan fingerprint density at radius 3 is 2.32 bits per heavy atom. The van der Waals surface area contributed by atoms with E-state index in [1.807, 2.05) is 19.1 Å². The maximum atomic E-state index is 12.4. The fourth-order valence-corrected chi connectivity index (χ4v) is 3.84. The molecule has 0 heterocycles. The Bertz CT molecular complexity index is 807. The number of hydrogen-bond donors (Lipinski definition) is 1. The van der Waals surface area contributed by atoms with Gasteiger partial charge in [0, 0.05) is 5.02 Å². The lowest BCUT2D eigenvalue weighted by Crippen LogP contribution is -2.20. The van der Waals surface area contributed by atoms with Crippen molar-refractivity contribution in [3.05, 3.63) is 63.7 Å². The molecule has 1 N–H and O–H groups in total. The van der Waals surface area contributed by atoms with Crippen LogP contribution in [0.5, 0.6) is 0 Å². The van der Waals surface area contributed by atoms with Crippen molar-refractivity contribution in [2.45, 2.75) is 25.7 Å². The van der Waals surface area contributed by atoms with E-state index < -0.39 is 10.0 Å². The summed E-state index contributed by atoms with van der Waals surface area (Å²) in [5, 5.41) is 4.38. The van der Waals surface area contributed by atoms with Crippen LogP contribution < -0.4 is 4.83 Å². The Kier molecular flexibility index (Phi) is 4.88. The Hall–Kier alpha value is -1.85. The fraction of sp³-hybridized carbons (Fsp3) is 0.188. The van der Waals surface area contributed by atoms with Gasteiger partial charge in [-0.3, -0.25) is 0 Å². The van der Waals surface area contributed by atoms with Gasteiger partial charge in [-0.05, 0) is 49.6 Å². The number of halogens is 1. The Balaban J connectivity index is 2.26. The van der Waals surface area contributed by atoms with Gasteiger partial charge in [0.05, 0.1) is 11.1 Å².